The topological polar surface area (TPSA) is 72.8 Å². The van der Waals surface area contributed by atoms with Crippen LogP contribution in [0.15, 0.2) is 12.2 Å². The van der Waals surface area contributed by atoms with Gasteiger partial charge in [-0.1, -0.05) is 13.5 Å². The van der Waals surface area contributed by atoms with Gasteiger partial charge in [0.05, 0.1) is 19.6 Å². The van der Waals surface area contributed by atoms with Crippen molar-refractivity contribution < 1.29 is 24.2 Å². The second-order valence-corrected chi connectivity index (χ2v) is 3.02. The van der Waals surface area contributed by atoms with Crippen molar-refractivity contribution in [2.75, 3.05) is 13.7 Å². The molecule has 1 unspecified atom stereocenters. The molecule has 1 N–H and O–H groups in total. The first-order valence-electron chi connectivity index (χ1n) is 4.61. The van der Waals surface area contributed by atoms with E-state index in [4.69, 9.17) is 9.84 Å². The highest BCUT2D eigenvalue weighted by Crippen LogP contribution is 2.03. The Morgan fingerprint density at radius 3 is 2.53 bits per heavy atom. The summed E-state index contributed by atoms with van der Waals surface area (Å²) in [5.41, 5.74) is 0.0356. The third kappa shape index (κ3) is 5.85. The summed E-state index contributed by atoms with van der Waals surface area (Å²) < 4.78 is 9.07. The van der Waals surface area contributed by atoms with Crippen molar-refractivity contribution in [2.24, 2.45) is 0 Å². The number of esters is 2. The summed E-state index contributed by atoms with van der Waals surface area (Å²) >= 11 is 0. The fourth-order valence-electron chi connectivity index (χ4n) is 0.749. The molecule has 0 heterocycles. The van der Waals surface area contributed by atoms with E-state index in [-0.39, 0.29) is 18.6 Å². The summed E-state index contributed by atoms with van der Waals surface area (Å²) in [5.74, 6) is -1.24. The lowest BCUT2D eigenvalue weighted by molar-refractivity contribution is -0.147. The van der Waals surface area contributed by atoms with Crippen LogP contribution >= 0.6 is 0 Å². The zero-order chi connectivity index (χ0) is 11.8. The fraction of sp³-hybridized carbons (Fsp3) is 0.600. The lowest BCUT2D eigenvalue weighted by atomic mass is 10.2. The van der Waals surface area contributed by atoms with Gasteiger partial charge in [-0.05, 0) is 6.42 Å². The number of aliphatic hydroxyl groups is 1. The number of carbonyl (C=O) groups is 2. The second kappa shape index (κ2) is 7.00. The van der Waals surface area contributed by atoms with Gasteiger partial charge in [-0.15, -0.1) is 0 Å². The van der Waals surface area contributed by atoms with E-state index in [0.717, 1.165) is 0 Å². The van der Waals surface area contributed by atoms with Gasteiger partial charge < -0.3 is 14.6 Å². The van der Waals surface area contributed by atoms with Gasteiger partial charge in [0.1, 0.15) is 6.61 Å². The van der Waals surface area contributed by atoms with Crippen LogP contribution in [0.4, 0.5) is 0 Å². The van der Waals surface area contributed by atoms with Crippen LogP contribution in [0.3, 0.4) is 0 Å². The van der Waals surface area contributed by atoms with E-state index in [1.165, 1.54) is 7.11 Å². The third-order valence-electron chi connectivity index (χ3n) is 1.74. The first-order valence-corrected chi connectivity index (χ1v) is 4.61. The number of hydrogen-bond acceptors (Lipinski definition) is 5. The highest BCUT2D eigenvalue weighted by Gasteiger charge is 2.13. The zero-order valence-corrected chi connectivity index (χ0v) is 8.99. The quantitative estimate of drug-likeness (QED) is 0.514. The summed E-state index contributed by atoms with van der Waals surface area (Å²) in [4.78, 5) is 22.0. The van der Waals surface area contributed by atoms with Gasteiger partial charge >= 0.3 is 11.9 Å². The molecular formula is C10H16O5. The Morgan fingerprint density at radius 1 is 1.47 bits per heavy atom. The molecule has 0 amide bonds. The number of rotatable bonds is 6. The number of methoxy groups -OCH3 is 1. The molecular weight excluding hydrogens is 200 g/mol. The summed E-state index contributed by atoms with van der Waals surface area (Å²) in [6, 6.07) is 0. The predicted octanol–water partition coefficient (Wildman–Crippen LogP) is 0.420. The summed E-state index contributed by atoms with van der Waals surface area (Å²) in [5, 5.41) is 9.11. The molecule has 1 atom stereocenters. The van der Waals surface area contributed by atoms with E-state index in [9.17, 15) is 9.59 Å². The van der Waals surface area contributed by atoms with E-state index in [1.807, 2.05) is 0 Å². The lowest BCUT2D eigenvalue weighted by Gasteiger charge is -2.09. The molecule has 0 saturated heterocycles. The van der Waals surface area contributed by atoms with E-state index in [1.54, 1.807) is 6.92 Å². The molecule has 0 aromatic heterocycles. The third-order valence-corrected chi connectivity index (χ3v) is 1.74. The van der Waals surface area contributed by atoms with Gasteiger partial charge in [0.2, 0.25) is 0 Å². The van der Waals surface area contributed by atoms with Gasteiger partial charge in [0, 0.05) is 5.57 Å². The molecule has 5 nitrogen and oxygen atoms in total. The molecule has 0 aliphatic rings. The summed E-state index contributed by atoms with van der Waals surface area (Å²) in [7, 11) is 1.21. The minimum absolute atomic E-state index is 0.0356. The van der Waals surface area contributed by atoms with Crippen LogP contribution < -0.4 is 0 Å². The van der Waals surface area contributed by atoms with Crippen LogP contribution in [0, 0.1) is 0 Å². The Hall–Kier alpha value is -1.36. The van der Waals surface area contributed by atoms with Crippen molar-refractivity contribution in [2.45, 2.75) is 25.9 Å². The normalized spacial score (nSPS) is 11.7. The van der Waals surface area contributed by atoms with Crippen molar-refractivity contribution in [1.29, 1.82) is 0 Å². The van der Waals surface area contributed by atoms with Crippen LogP contribution in [0.25, 0.3) is 0 Å². The van der Waals surface area contributed by atoms with Gasteiger partial charge in [-0.2, -0.15) is 0 Å². The van der Waals surface area contributed by atoms with Gasteiger partial charge in [0.25, 0.3) is 0 Å². The van der Waals surface area contributed by atoms with Gasteiger partial charge in [0.15, 0.2) is 0 Å². The number of aliphatic hydroxyl groups excluding tert-OH is 1. The Morgan fingerprint density at radius 2 is 2.07 bits per heavy atom. The predicted molar refractivity (Wildman–Crippen MR) is 53.0 cm³/mol. The van der Waals surface area contributed by atoms with Crippen LogP contribution in [0.5, 0.6) is 0 Å². The fourth-order valence-corrected chi connectivity index (χ4v) is 0.749. The maximum atomic E-state index is 11.1. The molecule has 0 saturated carbocycles. The molecule has 0 radical (unpaired) electrons. The van der Waals surface area contributed by atoms with Crippen LogP contribution in [0.2, 0.25) is 0 Å². The highest BCUT2D eigenvalue weighted by atomic mass is 16.5. The van der Waals surface area contributed by atoms with Crippen LogP contribution in [-0.2, 0) is 19.1 Å². The Balaban J connectivity index is 3.84. The van der Waals surface area contributed by atoms with Crippen molar-refractivity contribution in [3.05, 3.63) is 12.2 Å². The van der Waals surface area contributed by atoms with Crippen LogP contribution in [-0.4, -0.2) is 36.9 Å². The number of ether oxygens (including phenoxy) is 2. The number of hydrogen-bond donors (Lipinski definition) is 1. The zero-order valence-electron chi connectivity index (χ0n) is 8.99. The second-order valence-electron chi connectivity index (χ2n) is 3.02. The maximum absolute atomic E-state index is 11.1. The van der Waals surface area contributed by atoms with Crippen molar-refractivity contribution in [3.8, 4) is 0 Å². The average molecular weight is 216 g/mol. The molecule has 0 aromatic rings. The monoisotopic (exact) mass is 216 g/mol. The first kappa shape index (κ1) is 13.6. The van der Waals surface area contributed by atoms with E-state index in [0.29, 0.717) is 6.42 Å². The highest BCUT2D eigenvalue weighted by molar-refractivity contribution is 5.93. The SMILES string of the molecule is C=C(CC(=O)OCC(O)CC)C(=O)OC. The van der Waals surface area contributed by atoms with Gasteiger partial charge in [-0.25, -0.2) is 4.79 Å². The van der Waals surface area contributed by atoms with Crippen molar-refractivity contribution in [1.82, 2.24) is 0 Å². The first-order chi connectivity index (χ1) is 7.01. The van der Waals surface area contributed by atoms with Gasteiger partial charge in [-0.3, -0.25) is 4.79 Å². The van der Waals surface area contributed by atoms with Crippen molar-refractivity contribution >= 4 is 11.9 Å². The average Bonchev–Trinajstić information content (AvgIpc) is 2.24. The molecule has 5 heteroatoms. The van der Waals surface area contributed by atoms with E-state index >= 15 is 0 Å². The van der Waals surface area contributed by atoms with E-state index < -0.39 is 18.0 Å². The minimum Gasteiger partial charge on any atom is -0.466 e. The molecule has 0 rings (SSSR count). The molecule has 0 fully saturated rings. The van der Waals surface area contributed by atoms with Crippen LogP contribution in [0.1, 0.15) is 19.8 Å². The molecule has 0 aromatic carbocycles. The maximum Gasteiger partial charge on any atom is 0.333 e. The lowest BCUT2D eigenvalue weighted by Crippen LogP contribution is -2.19. The number of carbonyl (C=O) groups excluding carboxylic acids is 2. The van der Waals surface area contributed by atoms with E-state index in [2.05, 4.69) is 11.3 Å². The summed E-state index contributed by atoms with van der Waals surface area (Å²) in [6.07, 6.45) is -0.380. The molecule has 15 heavy (non-hydrogen) atoms. The Bertz CT molecular complexity index is 246. The Kier molecular flexibility index (Phi) is 6.37. The standard InChI is InChI=1S/C10H16O5/c1-4-8(11)6-15-9(12)5-7(2)10(13)14-3/h8,11H,2,4-6H2,1,3H3. The largest absolute Gasteiger partial charge is 0.466 e. The molecule has 0 aliphatic carbocycles. The summed E-state index contributed by atoms with van der Waals surface area (Å²) in [6.45, 7) is 5.08. The minimum atomic E-state index is -0.666. The molecule has 0 aliphatic heterocycles. The molecule has 86 valence electrons. The molecule has 0 spiro atoms. The smallest absolute Gasteiger partial charge is 0.333 e. The van der Waals surface area contributed by atoms with Crippen molar-refractivity contribution in [3.63, 3.8) is 0 Å². The Labute approximate surface area is 88.7 Å². The molecule has 0 bridgehead atoms.